The lowest BCUT2D eigenvalue weighted by molar-refractivity contribution is -0.384. The zero-order valence-corrected chi connectivity index (χ0v) is 24.6. The van der Waals surface area contributed by atoms with E-state index in [4.69, 9.17) is 4.74 Å². The molecule has 3 aliphatic rings. The molecule has 14 heteroatoms. The van der Waals surface area contributed by atoms with Crippen LogP contribution < -0.4 is 14.5 Å². The number of aromatic nitrogens is 1. The van der Waals surface area contributed by atoms with Gasteiger partial charge in [-0.25, -0.2) is 4.90 Å². The summed E-state index contributed by atoms with van der Waals surface area (Å²) in [6.45, 7) is 1.20. The molecule has 6 rings (SSSR count). The molecule has 0 aliphatic carbocycles. The van der Waals surface area contributed by atoms with Crippen LogP contribution in [0.5, 0.6) is 5.75 Å². The summed E-state index contributed by atoms with van der Waals surface area (Å²) in [6.07, 6.45) is 3.00. The predicted molar refractivity (Wildman–Crippen MR) is 156 cm³/mol. The Kier molecular flexibility index (Phi) is 7.47. The number of ether oxygens (including phenoxy) is 1. The number of piperidine rings is 1. The highest BCUT2D eigenvalue weighted by molar-refractivity contribution is 9.10. The van der Waals surface area contributed by atoms with Gasteiger partial charge in [0, 0.05) is 46.1 Å². The van der Waals surface area contributed by atoms with E-state index in [2.05, 4.69) is 20.9 Å². The summed E-state index contributed by atoms with van der Waals surface area (Å²) in [5, 5.41) is 10.8. The fourth-order valence-corrected chi connectivity index (χ4v) is 8.48. The number of H-pyrrole nitrogens is 1. The van der Waals surface area contributed by atoms with E-state index in [9.17, 15) is 29.3 Å². The third-order valence-electron chi connectivity index (χ3n) is 7.51. The van der Waals surface area contributed by atoms with Gasteiger partial charge in [0.15, 0.2) is 6.61 Å². The third kappa shape index (κ3) is 5.08. The number of hydrogen-bond donors (Lipinski definition) is 1. The molecule has 3 aliphatic heterocycles. The van der Waals surface area contributed by atoms with Gasteiger partial charge >= 0.3 is 4.87 Å². The van der Waals surface area contributed by atoms with Crippen LogP contribution in [0.15, 0.2) is 56.8 Å². The zero-order valence-electron chi connectivity index (χ0n) is 21.4. The Balaban J connectivity index is 1.38. The lowest BCUT2D eigenvalue weighted by Crippen LogP contribution is -2.38. The van der Waals surface area contributed by atoms with Gasteiger partial charge in [-0.15, -0.1) is 0 Å². The topological polar surface area (TPSA) is 143 Å². The molecule has 41 heavy (non-hydrogen) atoms. The summed E-state index contributed by atoms with van der Waals surface area (Å²) in [5.74, 6) is -2.28. The lowest BCUT2D eigenvalue weighted by Gasteiger charge is -2.31. The number of nitrogens with zero attached hydrogens (tertiary/aromatic N) is 3. The molecule has 3 atom stereocenters. The van der Waals surface area contributed by atoms with Crippen LogP contribution in [0.25, 0.3) is 0 Å². The summed E-state index contributed by atoms with van der Waals surface area (Å²) < 4.78 is 6.76. The van der Waals surface area contributed by atoms with E-state index in [1.807, 2.05) is 0 Å². The second-order valence-corrected chi connectivity index (χ2v) is 13.0. The number of rotatable bonds is 6. The molecule has 4 heterocycles. The van der Waals surface area contributed by atoms with Crippen LogP contribution in [0.1, 0.15) is 35.6 Å². The highest BCUT2D eigenvalue weighted by Gasteiger charge is 2.57. The first-order valence-corrected chi connectivity index (χ1v) is 15.4. The average molecular weight is 660 g/mol. The van der Waals surface area contributed by atoms with Crippen LogP contribution in [0.3, 0.4) is 0 Å². The summed E-state index contributed by atoms with van der Waals surface area (Å²) in [5.41, 5.74) is 0.644. The maximum atomic E-state index is 14.0. The lowest BCUT2D eigenvalue weighted by atomic mass is 9.82. The number of non-ortho nitro benzene ring substituents is 1. The van der Waals surface area contributed by atoms with Crippen LogP contribution in [0, 0.1) is 16.0 Å². The van der Waals surface area contributed by atoms with Crippen LogP contribution in [-0.2, 0) is 14.4 Å². The Morgan fingerprint density at radius 2 is 1.80 bits per heavy atom. The highest BCUT2D eigenvalue weighted by Crippen LogP contribution is 2.54. The minimum atomic E-state index is -0.879. The first-order valence-electron chi connectivity index (χ1n) is 12.9. The number of likely N-dealkylation sites (tertiary alicyclic amines) is 1. The molecule has 2 unspecified atom stereocenters. The van der Waals surface area contributed by atoms with Crippen LogP contribution in [0.4, 0.5) is 11.4 Å². The number of hydrogen-bond acceptors (Lipinski definition) is 9. The Bertz CT molecular complexity index is 1620. The number of thiazole rings is 1. The van der Waals surface area contributed by atoms with Crippen molar-refractivity contribution in [2.75, 3.05) is 24.6 Å². The van der Waals surface area contributed by atoms with Crippen molar-refractivity contribution in [3.8, 4) is 5.75 Å². The van der Waals surface area contributed by atoms with Gasteiger partial charge in [-0.2, -0.15) is 0 Å². The molecular weight excluding hydrogens is 636 g/mol. The van der Waals surface area contributed by atoms with Crippen molar-refractivity contribution >= 4 is 68.1 Å². The summed E-state index contributed by atoms with van der Waals surface area (Å²) in [6, 6.07) is 10.5. The van der Waals surface area contributed by atoms with E-state index in [1.165, 1.54) is 24.3 Å². The van der Waals surface area contributed by atoms with E-state index >= 15 is 0 Å². The van der Waals surface area contributed by atoms with Gasteiger partial charge in [-0.1, -0.05) is 39.0 Å². The minimum Gasteiger partial charge on any atom is -0.483 e. The number of thioether (sulfide) groups is 1. The molecule has 2 saturated heterocycles. The zero-order chi connectivity index (χ0) is 28.8. The normalized spacial score (nSPS) is 21.9. The molecule has 1 N–H and O–H groups in total. The number of anilines is 1. The number of aromatic amines is 1. The maximum Gasteiger partial charge on any atom is 0.305 e. The SMILES string of the molecule is O=C(COc1ccc(Br)cc1[C@H]1c2sc(=O)[nH]c2SC2C(=O)N(c3ccc([N+](=O)[O-])cc3)C(=O)C21)N1CCCCC1. The Labute approximate surface area is 250 Å². The van der Waals surface area contributed by atoms with E-state index in [0.717, 1.165) is 47.3 Å². The van der Waals surface area contributed by atoms with Gasteiger partial charge < -0.3 is 14.6 Å². The number of nitro groups is 1. The first-order chi connectivity index (χ1) is 19.7. The standard InChI is InChI=1S/C27H23BrN4O7S2/c28-14-4-9-18(39-13-19(33)30-10-2-1-3-11-30)17(12-14)20-21-23(40-24-22(20)41-27(36)29-24)26(35)31(25(21)34)15-5-7-16(8-6-15)32(37)38/h4-9,12,20-21,23H,1-3,10-11,13H2,(H,29,36)/t20-,21?,23?/m1/s1. The summed E-state index contributed by atoms with van der Waals surface area (Å²) in [4.78, 5) is 69.5. The first kappa shape index (κ1) is 27.7. The van der Waals surface area contributed by atoms with Crippen molar-refractivity contribution in [1.82, 2.24) is 9.88 Å². The number of benzene rings is 2. The molecule has 2 fully saturated rings. The van der Waals surface area contributed by atoms with Crippen molar-refractivity contribution in [2.45, 2.75) is 35.5 Å². The molecule has 11 nitrogen and oxygen atoms in total. The molecule has 3 amide bonds. The average Bonchev–Trinajstić information content (AvgIpc) is 3.46. The van der Waals surface area contributed by atoms with E-state index in [0.29, 0.717) is 38.8 Å². The van der Waals surface area contributed by atoms with Crippen molar-refractivity contribution in [1.29, 1.82) is 0 Å². The third-order valence-corrected chi connectivity index (χ3v) is 10.4. The number of carbonyl (C=O) groups excluding carboxylic acids is 3. The molecule has 0 spiro atoms. The van der Waals surface area contributed by atoms with E-state index in [1.54, 1.807) is 23.1 Å². The molecule has 1 aromatic heterocycles. The van der Waals surface area contributed by atoms with Crippen LogP contribution in [-0.4, -0.2) is 57.5 Å². The van der Waals surface area contributed by atoms with Crippen LogP contribution >= 0.6 is 39.0 Å². The maximum absolute atomic E-state index is 14.0. The summed E-state index contributed by atoms with van der Waals surface area (Å²) in [7, 11) is 0. The van der Waals surface area contributed by atoms with Gasteiger partial charge in [0.2, 0.25) is 11.8 Å². The quantitative estimate of drug-likeness (QED) is 0.235. The molecule has 0 radical (unpaired) electrons. The largest absolute Gasteiger partial charge is 0.483 e. The summed E-state index contributed by atoms with van der Waals surface area (Å²) >= 11 is 5.61. The van der Waals surface area contributed by atoms with Gasteiger partial charge in [0.25, 0.3) is 11.6 Å². The van der Waals surface area contributed by atoms with Crippen molar-refractivity contribution < 1.29 is 24.0 Å². The van der Waals surface area contributed by atoms with Crippen molar-refractivity contribution in [3.63, 3.8) is 0 Å². The molecular formula is C27H23BrN4O7S2. The van der Waals surface area contributed by atoms with Crippen LogP contribution in [0.2, 0.25) is 0 Å². The Hall–Kier alpha value is -3.49. The molecule has 2 aromatic carbocycles. The Morgan fingerprint density at radius 1 is 1.07 bits per heavy atom. The number of amides is 3. The second-order valence-electron chi connectivity index (χ2n) is 9.95. The second kappa shape index (κ2) is 11.1. The monoisotopic (exact) mass is 658 g/mol. The number of nitrogens with one attached hydrogen (secondary N) is 1. The fourth-order valence-electron chi connectivity index (χ4n) is 5.60. The number of carbonyl (C=O) groups is 3. The van der Waals surface area contributed by atoms with Gasteiger partial charge in [-0.05, 0) is 49.6 Å². The smallest absolute Gasteiger partial charge is 0.305 e. The number of halogens is 1. The van der Waals surface area contributed by atoms with E-state index < -0.39 is 33.8 Å². The minimum absolute atomic E-state index is 0.126. The highest BCUT2D eigenvalue weighted by atomic mass is 79.9. The molecule has 0 saturated carbocycles. The van der Waals surface area contributed by atoms with Crippen molar-refractivity contribution in [2.24, 2.45) is 5.92 Å². The molecule has 212 valence electrons. The van der Waals surface area contributed by atoms with Gasteiger partial charge in [-0.3, -0.25) is 29.3 Å². The predicted octanol–water partition coefficient (Wildman–Crippen LogP) is 4.29. The van der Waals surface area contributed by atoms with Gasteiger partial charge in [0.05, 0.1) is 21.6 Å². The molecule has 0 bridgehead atoms. The number of fused-ring (bicyclic) bond motifs is 2. The number of imide groups is 1. The molecule has 3 aromatic rings. The van der Waals surface area contributed by atoms with E-state index in [-0.39, 0.29) is 28.8 Å². The fraction of sp³-hybridized carbons (Fsp3) is 0.333. The number of nitro benzene ring substituents is 1. The van der Waals surface area contributed by atoms with Crippen molar-refractivity contribution in [3.05, 3.63) is 77.2 Å². The van der Waals surface area contributed by atoms with Gasteiger partial charge in [0.1, 0.15) is 11.0 Å². The Morgan fingerprint density at radius 3 is 2.51 bits per heavy atom.